The molecule has 0 saturated carbocycles. The number of sulfonamides is 1. The molecule has 22 heavy (non-hydrogen) atoms. The average Bonchev–Trinajstić information content (AvgIpc) is 3.09. The zero-order valence-electron chi connectivity index (χ0n) is 12.5. The van der Waals surface area contributed by atoms with E-state index in [1.165, 1.54) is 11.3 Å². The van der Waals surface area contributed by atoms with Crippen LogP contribution in [0.25, 0.3) is 0 Å². The molecule has 0 unspecified atom stereocenters. The van der Waals surface area contributed by atoms with Gasteiger partial charge in [-0.2, -0.15) is 0 Å². The zero-order valence-corrected chi connectivity index (χ0v) is 14.1. The predicted molar refractivity (Wildman–Crippen MR) is 82.3 cm³/mol. The van der Waals surface area contributed by atoms with Gasteiger partial charge in [-0.15, -0.1) is 11.3 Å². The Morgan fingerprint density at radius 3 is 2.95 bits per heavy atom. The smallest absolute Gasteiger partial charge is 0.273 e. The van der Waals surface area contributed by atoms with Crippen LogP contribution in [0, 0.1) is 18.8 Å². The van der Waals surface area contributed by atoms with E-state index in [9.17, 15) is 13.2 Å². The Bertz CT molecular complexity index is 673. The molecule has 0 bridgehead atoms. The van der Waals surface area contributed by atoms with Crippen molar-refractivity contribution in [1.82, 2.24) is 14.6 Å². The number of carbonyl (C=O) groups excluding carboxylic acids is 1. The Kier molecular flexibility index (Phi) is 4.23. The van der Waals surface area contributed by atoms with Gasteiger partial charge in [0.05, 0.1) is 24.0 Å². The fourth-order valence-electron chi connectivity index (χ4n) is 3.06. The second kappa shape index (κ2) is 5.88. The molecule has 2 aliphatic heterocycles. The van der Waals surface area contributed by atoms with Crippen molar-refractivity contribution in [3.63, 3.8) is 0 Å². The highest BCUT2D eigenvalue weighted by molar-refractivity contribution is 7.88. The number of aromatic nitrogens is 1. The van der Waals surface area contributed by atoms with Crippen molar-refractivity contribution in [2.24, 2.45) is 11.8 Å². The SMILES string of the molecule is Cc1nc(C(=O)N2C[C@H]3[C@@H](CNS(C)(=O)=O)CO[C@H]3C2)cs1. The molecule has 0 aliphatic carbocycles. The summed E-state index contributed by atoms with van der Waals surface area (Å²) in [7, 11) is -3.21. The van der Waals surface area contributed by atoms with E-state index in [0.29, 0.717) is 31.9 Å². The fourth-order valence-corrected chi connectivity index (χ4v) is 4.16. The van der Waals surface area contributed by atoms with Crippen LogP contribution in [0.1, 0.15) is 15.5 Å². The standard InChI is InChI=1S/C13H19N3O4S2/c1-8-15-11(7-21-8)13(17)16-4-10-9(3-14-22(2,18)19)6-20-12(10)5-16/h7,9-10,12,14H,3-6H2,1-2H3/t9-,10-,12-/m0/s1. The van der Waals surface area contributed by atoms with Crippen LogP contribution < -0.4 is 4.72 Å². The van der Waals surface area contributed by atoms with Gasteiger partial charge in [0.25, 0.3) is 5.91 Å². The highest BCUT2D eigenvalue weighted by Gasteiger charge is 2.45. The Hall–Kier alpha value is -1.03. The van der Waals surface area contributed by atoms with E-state index in [4.69, 9.17) is 4.74 Å². The third-order valence-corrected chi connectivity index (χ3v) is 5.64. The Balaban J connectivity index is 1.63. The van der Waals surface area contributed by atoms with Crippen LogP contribution in [-0.4, -0.2) is 62.8 Å². The van der Waals surface area contributed by atoms with E-state index in [-0.39, 0.29) is 23.8 Å². The van der Waals surface area contributed by atoms with Crippen LogP contribution in [0.5, 0.6) is 0 Å². The van der Waals surface area contributed by atoms with E-state index < -0.39 is 10.0 Å². The molecule has 1 N–H and O–H groups in total. The Morgan fingerprint density at radius 2 is 2.32 bits per heavy atom. The van der Waals surface area contributed by atoms with Gasteiger partial charge in [0, 0.05) is 36.9 Å². The molecule has 2 aliphatic rings. The number of thiazole rings is 1. The summed E-state index contributed by atoms with van der Waals surface area (Å²) in [6, 6.07) is 0. The number of hydrogen-bond acceptors (Lipinski definition) is 6. The molecule has 0 spiro atoms. The molecule has 3 atom stereocenters. The second-order valence-corrected chi connectivity index (χ2v) is 8.77. The van der Waals surface area contributed by atoms with Crippen LogP contribution >= 0.6 is 11.3 Å². The highest BCUT2D eigenvalue weighted by Crippen LogP contribution is 2.34. The van der Waals surface area contributed by atoms with Crippen molar-refractivity contribution in [1.29, 1.82) is 0 Å². The van der Waals surface area contributed by atoms with Crippen LogP contribution in [0.4, 0.5) is 0 Å². The lowest BCUT2D eigenvalue weighted by atomic mass is 9.93. The minimum Gasteiger partial charge on any atom is -0.376 e. The molecular weight excluding hydrogens is 326 g/mol. The number of carbonyl (C=O) groups is 1. The summed E-state index contributed by atoms with van der Waals surface area (Å²) in [4.78, 5) is 18.4. The molecule has 2 saturated heterocycles. The number of amides is 1. The summed E-state index contributed by atoms with van der Waals surface area (Å²) in [6.07, 6.45) is 1.14. The van der Waals surface area contributed by atoms with E-state index in [0.717, 1.165) is 11.3 Å². The third kappa shape index (κ3) is 3.32. The fraction of sp³-hybridized carbons (Fsp3) is 0.692. The molecule has 1 amide bonds. The van der Waals surface area contributed by atoms with E-state index in [2.05, 4.69) is 9.71 Å². The monoisotopic (exact) mass is 345 g/mol. The van der Waals surface area contributed by atoms with Crippen LogP contribution in [0.2, 0.25) is 0 Å². The summed E-state index contributed by atoms with van der Waals surface area (Å²) in [5.41, 5.74) is 0.480. The Morgan fingerprint density at radius 1 is 1.55 bits per heavy atom. The van der Waals surface area contributed by atoms with Crippen molar-refractivity contribution in [3.05, 3.63) is 16.1 Å². The highest BCUT2D eigenvalue weighted by atomic mass is 32.2. The first-order valence-corrected chi connectivity index (χ1v) is 9.88. The number of rotatable bonds is 4. The van der Waals surface area contributed by atoms with Crippen molar-refractivity contribution in [2.75, 3.05) is 32.5 Å². The molecule has 122 valence electrons. The summed E-state index contributed by atoms with van der Waals surface area (Å²) in [5.74, 6) is 0.213. The maximum Gasteiger partial charge on any atom is 0.273 e. The number of nitrogens with zero attached hydrogens (tertiary/aromatic N) is 2. The maximum absolute atomic E-state index is 12.4. The first-order valence-electron chi connectivity index (χ1n) is 7.11. The van der Waals surface area contributed by atoms with Gasteiger partial charge in [0.1, 0.15) is 5.69 Å². The summed E-state index contributed by atoms with van der Waals surface area (Å²) < 4.78 is 30.7. The van der Waals surface area contributed by atoms with Crippen LogP contribution in [0.15, 0.2) is 5.38 Å². The molecule has 0 aromatic carbocycles. The number of aryl methyl sites for hydroxylation is 1. The summed E-state index contributed by atoms with van der Waals surface area (Å²) in [5, 5.41) is 2.64. The molecule has 3 rings (SSSR count). The van der Waals surface area contributed by atoms with Crippen LogP contribution in [0.3, 0.4) is 0 Å². The van der Waals surface area contributed by atoms with Crippen LogP contribution in [-0.2, 0) is 14.8 Å². The summed E-state index contributed by atoms with van der Waals surface area (Å²) >= 11 is 1.46. The number of likely N-dealkylation sites (tertiary alicyclic amines) is 1. The molecule has 1 aromatic rings. The molecule has 9 heteroatoms. The van der Waals surface area contributed by atoms with Gasteiger partial charge >= 0.3 is 0 Å². The predicted octanol–water partition coefficient (Wildman–Crippen LogP) is 0.0877. The number of nitrogens with one attached hydrogen (secondary N) is 1. The molecule has 7 nitrogen and oxygen atoms in total. The molecule has 1 aromatic heterocycles. The van der Waals surface area contributed by atoms with Gasteiger partial charge in [0.2, 0.25) is 10.0 Å². The van der Waals surface area contributed by atoms with Gasteiger partial charge in [-0.3, -0.25) is 4.79 Å². The van der Waals surface area contributed by atoms with Gasteiger partial charge in [-0.1, -0.05) is 0 Å². The molecular formula is C13H19N3O4S2. The second-order valence-electron chi connectivity index (χ2n) is 5.88. The van der Waals surface area contributed by atoms with E-state index >= 15 is 0 Å². The largest absolute Gasteiger partial charge is 0.376 e. The van der Waals surface area contributed by atoms with Crippen molar-refractivity contribution < 1.29 is 17.9 Å². The zero-order chi connectivity index (χ0) is 15.9. The van der Waals surface area contributed by atoms with Gasteiger partial charge in [-0.25, -0.2) is 18.1 Å². The molecule has 2 fully saturated rings. The number of ether oxygens (including phenoxy) is 1. The first-order chi connectivity index (χ1) is 10.3. The van der Waals surface area contributed by atoms with Crippen molar-refractivity contribution in [3.8, 4) is 0 Å². The quantitative estimate of drug-likeness (QED) is 0.835. The summed E-state index contributed by atoms with van der Waals surface area (Å²) in [6.45, 7) is 3.91. The van der Waals surface area contributed by atoms with Gasteiger partial charge in [0.15, 0.2) is 0 Å². The topological polar surface area (TPSA) is 88.6 Å². The van der Waals surface area contributed by atoms with E-state index in [1.807, 2.05) is 6.92 Å². The molecule has 3 heterocycles. The lowest BCUT2D eigenvalue weighted by Crippen LogP contribution is -2.35. The van der Waals surface area contributed by atoms with Gasteiger partial charge < -0.3 is 9.64 Å². The Labute approximate surface area is 133 Å². The lowest BCUT2D eigenvalue weighted by molar-refractivity contribution is 0.0674. The van der Waals surface area contributed by atoms with Crippen molar-refractivity contribution in [2.45, 2.75) is 13.0 Å². The average molecular weight is 345 g/mol. The van der Waals surface area contributed by atoms with E-state index in [1.54, 1.807) is 10.3 Å². The minimum absolute atomic E-state index is 0.00459. The first kappa shape index (κ1) is 15.9. The lowest BCUT2D eigenvalue weighted by Gasteiger charge is -2.19. The van der Waals surface area contributed by atoms with Gasteiger partial charge in [-0.05, 0) is 6.92 Å². The van der Waals surface area contributed by atoms with Crippen molar-refractivity contribution >= 4 is 27.3 Å². The number of hydrogen-bond donors (Lipinski definition) is 1. The minimum atomic E-state index is -3.21. The third-order valence-electron chi connectivity index (χ3n) is 4.17. The maximum atomic E-state index is 12.4. The normalized spacial score (nSPS) is 28.1. The molecule has 0 radical (unpaired) electrons. The number of fused-ring (bicyclic) bond motifs is 1.